The molecule has 0 aromatic rings. The van der Waals surface area contributed by atoms with Gasteiger partial charge in [0.15, 0.2) is 25.0 Å². The fourth-order valence-electron chi connectivity index (χ4n) is 1.34. The maximum atomic E-state index is 9.28. The Morgan fingerprint density at radius 2 is 0.900 bits per heavy atom. The molecule has 20 heavy (non-hydrogen) atoms. The van der Waals surface area contributed by atoms with Crippen LogP contribution in [0.2, 0.25) is 58.9 Å². The topological polar surface area (TPSA) is 77.4 Å². The molecule has 0 aliphatic rings. The van der Waals surface area contributed by atoms with E-state index in [9.17, 15) is 9.79 Å². The molecule has 6 nitrogen and oxygen atoms in total. The minimum Gasteiger partial charge on any atom is -0.347 e. The molecule has 0 aliphatic heterocycles. The van der Waals surface area contributed by atoms with E-state index < -0.39 is 39.7 Å². The highest BCUT2D eigenvalue weighted by Gasteiger charge is 2.48. The first-order valence-corrected chi connectivity index (χ1v) is 17.9. The van der Waals surface area contributed by atoms with Gasteiger partial charge < -0.3 is 23.1 Å². The molecule has 0 amide bonds. The lowest BCUT2D eigenvalue weighted by Crippen LogP contribution is -2.56. The SMILES string of the molecule is C[Si](C)(C)OC(OP(O)O)(O[Si](C)(C)C)O[Si](C)(C)C. The fraction of sp³-hybridized carbons (Fsp3) is 1.00. The maximum absolute atomic E-state index is 9.28. The molecule has 0 saturated heterocycles. The van der Waals surface area contributed by atoms with E-state index >= 15 is 0 Å². The first-order chi connectivity index (χ1) is 8.54. The van der Waals surface area contributed by atoms with Gasteiger partial charge in [-0.25, -0.2) is 4.52 Å². The highest BCUT2D eigenvalue weighted by Crippen LogP contribution is 2.40. The summed E-state index contributed by atoms with van der Waals surface area (Å²) in [7, 11) is -8.96. The standard InChI is InChI=1S/C10H29O6PSi3/c1-18(2,3)14-10(13-17(11)12,15-19(4,5)6)16-20(7,8)9/h11-12H,1-9H3. The van der Waals surface area contributed by atoms with Gasteiger partial charge in [0.1, 0.15) is 0 Å². The van der Waals surface area contributed by atoms with Crippen molar-refractivity contribution in [3.8, 4) is 0 Å². The van der Waals surface area contributed by atoms with Gasteiger partial charge in [-0.05, 0) is 58.9 Å². The van der Waals surface area contributed by atoms with E-state index in [1.54, 1.807) is 0 Å². The molecule has 0 aromatic carbocycles. The van der Waals surface area contributed by atoms with Crippen LogP contribution < -0.4 is 0 Å². The van der Waals surface area contributed by atoms with Gasteiger partial charge in [-0.15, -0.1) is 0 Å². The van der Waals surface area contributed by atoms with E-state index in [0.29, 0.717) is 0 Å². The second kappa shape index (κ2) is 6.95. The molecule has 10 heteroatoms. The van der Waals surface area contributed by atoms with Crippen LogP contribution >= 0.6 is 8.60 Å². The molecule has 0 unspecified atom stereocenters. The van der Waals surface area contributed by atoms with Crippen LogP contribution in [0.5, 0.6) is 0 Å². The Balaban J connectivity index is 5.50. The summed E-state index contributed by atoms with van der Waals surface area (Å²) in [6, 6.07) is 0. The van der Waals surface area contributed by atoms with Crippen LogP contribution in [0, 0.1) is 0 Å². The zero-order valence-electron chi connectivity index (χ0n) is 14.0. The van der Waals surface area contributed by atoms with Crippen molar-refractivity contribution in [2.75, 3.05) is 0 Å². The summed E-state index contributed by atoms with van der Waals surface area (Å²) in [5.41, 5.74) is 0. The van der Waals surface area contributed by atoms with E-state index in [-0.39, 0.29) is 0 Å². The minimum absolute atomic E-state index is 1.81. The Hall–Kier alpha value is 0.841. The molecule has 2 N–H and O–H groups in total. The molecule has 122 valence electrons. The third kappa shape index (κ3) is 10.6. The zero-order chi connectivity index (χ0) is 16.4. The van der Waals surface area contributed by atoms with Gasteiger partial charge in [-0.2, -0.15) is 0 Å². The van der Waals surface area contributed by atoms with Crippen molar-refractivity contribution in [2.45, 2.75) is 65.1 Å². The molecule has 0 rings (SSSR count). The smallest absolute Gasteiger partial charge is 0.347 e. The molecular formula is C10H29O6PSi3. The molecule has 0 bridgehead atoms. The normalized spacial score (nSPS) is 15.0. The van der Waals surface area contributed by atoms with E-state index in [2.05, 4.69) is 0 Å². The maximum Gasteiger partial charge on any atom is 0.390 e. The molecule has 0 aromatic heterocycles. The van der Waals surface area contributed by atoms with Crippen molar-refractivity contribution in [1.82, 2.24) is 0 Å². The fourth-order valence-corrected chi connectivity index (χ4v) is 4.74. The predicted molar refractivity (Wildman–Crippen MR) is 88.5 cm³/mol. The average Bonchev–Trinajstić information content (AvgIpc) is 1.86. The summed E-state index contributed by atoms with van der Waals surface area (Å²) < 4.78 is 23.0. The Morgan fingerprint density at radius 1 is 0.650 bits per heavy atom. The van der Waals surface area contributed by atoms with Crippen LogP contribution in [0.3, 0.4) is 0 Å². The average molecular weight is 361 g/mol. The Bertz CT molecular complexity index is 267. The lowest BCUT2D eigenvalue weighted by molar-refractivity contribution is -0.385. The second-order valence-corrected chi connectivity index (χ2v) is 21.5. The van der Waals surface area contributed by atoms with Gasteiger partial charge in [0, 0.05) is 0 Å². The molecule has 0 fully saturated rings. The molecule has 0 atom stereocenters. The second-order valence-electron chi connectivity index (χ2n) is 7.49. The van der Waals surface area contributed by atoms with Crippen molar-refractivity contribution in [1.29, 1.82) is 0 Å². The Morgan fingerprint density at radius 3 is 1.05 bits per heavy atom. The minimum atomic E-state index is -2.66. The summed E-state index contributed by atoms with van der Waals surface area (Å²) in [5, 5.41) is 0. The van der Waals surface area contributed by atoms with Gasteiger partial charge in [-0.1, -0.05) is 0 Å². The number of hydrogen-bond acceptors (Lipinski definition) is 6. The van der Waals surface area contributed by atoms with Crippen molar-refractivity contribution in [3.63, 3.8) is 0 Å². The Labute approximate surface area is 126 Å². The monoisotopic (exact) mass is 360 g/mol. The molecule has 0 heterocycles. The van der Waals surface area contributed by atoms with Crippen molar-refractivity contribution in [2.24, 2.45) is 0 Å². The van der Waals surface area contributed by atoms with Gasteiger partial charge in [0.2, 0.25) is 0 Å². The summed E-state index contributed by atoms with van der Waals surface area (Å²) in [4.78, 5) is 18.6. The van der Waals surface area contributed by atoms with Crippen LogP contribution in [0.25, 0.3) is 0 Å². The molecular weight excluding hydrogens is 331 g/mol. The van der Waals surface area contributed by atoms with Crippen molar-refractivity contribution >= 4 is 33.6 Å². The summed E-state index contributed by atoms with van der Waals surface area (Å²) in [6.07, 6.45) is -1.81. The van der Waals surface area contributed by atoms with E-state index in [1.165, 1.54) is 0 Å². The lowest BCUT2D eigenvalue weighted by atomic mass is 11.2. The molecule has 0 aliphatic carbocycles. The summed E-state index contributed by atoms with van der Waals surface area (Å²) in [6.45, 7) is 17.7. The quantitative estimate of drug-likeness (QED) is 0.392. The highest BCUT2D eigenvalue weighted by molar-refractivity contribution is 7.39. The van der Waals surface area contributed by atoms with Gasteiger partial charge in [0.05, 0.1) is 0 Å². The third-order valence-electron chi connectivity index (χ3n) is 1.49. The Kier molecular flexibility index (Phi) is 7.24. The first-order valence-electron chi connectivity index (χ1n) is 6.51. The zero-order valence-corrected chi connectivity index (χ0v) is 17.9. The van der Waals surface area contributed by atoms with Crippen LogP contribution in [-0.2, 0) is 17.8 Å². The molecule has 0 radical (unpaired) electrons. The third-order valence-corrected chi connectivity index (χ3v) is 4.46. The molecule has 0 saturated carbocycles. The van der Waals surface area contributed by atoms with Gasteiger partial charge in [-0.3, -0.25) is 0 Å². The van der Waals surface area contributed by atoms with E-state index in [4.69, 9.17) is 17.8 Å². The van der Waals surface area contributed by atoms with Crippen LogP contribution in [0.1, 0.15) is 0 Å². The van der Waals surface area contributed by atoms with Crippen LogP contribution in [-0.4, -0.2) is 40.9 Å². The van der Waals surface area contributed by atoms with E-state index in [1.807, 2.05) is 58.9 Å². The highest BCUT2D eigenvalue weighted by atomic mass is 31.2. The van der Waals surface area contributed by atoms with Gasteiger partial charge in [0.25, 0.3) is 0 Å². The van der Waals surface area contributed by atoms with Crippen molar-refractivity contribution < 1.29 is 27.6 Å². The number of hydrogen-bond donors (Lipinski definition) is 2. The number of rotatable bonds is 8. The van der Waals surface area contributed by atoms with Gasteiger partial charge >= 0.3 is 14.8 Å². The summed E-state index contributed by atoms with van der Waals surface area (Å²) in [5.74, 6) is 0. The lowest BCUT2D eigenvalue weighted by Gasteiger charge is -2.43. The van der Waals surface area contributed by atoms with Crippen molar-refractivity contribution in [3.05, 3.63) is 0 Å². The predicted octanol–water partition coefficient (Wildman–Crippen LogP) is 3.38. The first kappa shape index (κ1) is 20.8. The van der Waals surface area contributed by atoms with Crippen LogP contribution in [0.15, 0.2) is 0 Å². The van der Waals surface area contributed by atoms with Crippen LogP contribution in [0.4, 0.5) is 0 Å². The largest absolute Gasteiger partial charge is 0.390 e. The molecule has 0 spiro atoms. The summed E-state index contributed by atoms with van der Waals surface area (Å²) >= 11 is 0. The van der Waals surface area contributed by atoms with E-state index in [0.717, 1.165) is 0 Å².